The third-order valence-electron chi connectivity index (χ3n) is 4.07. The fourth-order valence-electron chi connectivity index (χ4n) is 2.18. The molecule has 2 rings (SSSR count). The molecule has 88 valence electrons. The minimum absolute atomic E-state index is 0.123. The lowest BCUT2D eigenvalue weighted by Crippen LogP contribution is -2.40. The summed E-state index contributed by atoms with van der Waals surface area (Å²) in [7, 11) is 0. The molecule has 2 saturated carbocycles. The van der Waals surface area contributed by atoms with Gasteiger partial charge in [0.05, 0.1) is 0 Å². The van der Waals surface area contributed by atoms with Crippen molar-refractivity contribution in [1.82, 2.24) is 4.90 Å². The predicted molar refractivity (Wildman–Crippen MR) is 62.8 cm³/mol. The Bertz CT molecular complexity index is 205. The maximum Gasteiger partial charge on any atom is 0.0496 e. The molecule has 2 fully saturated rings. The van der Waals surface area contributed by atoms with Crippen molar-refractivity contribution in [3.63, 3.8) is 0 Å². The Morgan fingerprint density at radius 1 is 1.27 bits per heavy atom. The number of hydrogen-bond acceptors (Lipinski definition) is 2. The molecule has 0 amide bonds. The Kier molecular flexibility index (Phi) is 3.36. The van der Waals surface area contributed by atoms with Gasteiger partial charge in [-0.25, -0.2) is 0 Å². The van der Waals surface area contributed by atoms with Gasteiger partial charge in [0.25, 0.3) is 0 Å². The molecular formula is C13H25NO. The summed E-state index contributed by atoms with van der Waals surface area (Å²) in [4.78, 5) is 2.65. The van der Waals surface area contributed by atoms with Gasteiger partial charge in [0.2, 0.25) is 0 Å². The van der Waals surface area contributed by atoms with E-state index in [1.165, 1.54) is 32.2 Å². The predicted octanol–water partition coefficient (Wildman–Crippen LogP) is 2.27. The van der Waals surface area contributed by atoms with Gasteiger partial charge in [-0.15, -0.1) is 0 Å². The summed E-state index contributed by atoms with van der Waals surface area (Å²) in [6.45, 7) is 7.13. The van der Waals surface area contributed by atoms with Gasteiger partial charge in [-0.2, -0.15) is 0 Å². The van der Waals surface area contributed by atoms with Gasteiger partial charge < -0.3 is 5.11 Å². The van der Waals surface area contributed by atoms with Crippen LogP contribution in [0, 0.1) is 11.3 Å². The second kappa shape index (κ2) is 4.42. The first-order chi connectivity index (χ1) is 7.17. The lowest BCUT2D eigenvalue weighted by atomic mass is 9.88. The molecule has 2 heteroatoms. The van der Waals surface area contributed by atoms with E-state index in [0.29, 0.717) is 6.61 Å². The van der Waals surface area contributed by atoms with Gasteiger partial charge in [0.15, 0.2) is 0 Å². The highest BCUT2D eigenvalue weighted by molar-refractivity contribution is 4.91. The smallest absolute Gasteiger partial charge is 0.0496 e. The fraction of sp³-hybridized carbons (Fsp3) is 1.00. The highest BCUT2D eigenvalue weighted by Gasteiger charge is 2.36. The van der Waals surface area contributed by atoms with Gasteiger partial charge in [0, 0.05) is 31.2 Å². The topological polar surface area (TPSA) is 23.5 Å². The highest BCUT2D eigenvalue weighted by Crippen LogP contribution is 2.37. The van der Waals surface area contributed by atoms with E-state index in [0.717, 1.165) is 24.9 Å². The lowest BCUT2D eigenvalue weighted by molar-refractivity contribution is 0.0785. The Hall–Kier alpha value is -0.0800. The van der Waals surface area contributed by atoms with E-state index < -0.39 is 0 Å². The molecule has 15 heavy (non-hydrogen) atoms. The SMILES string of the molecule is CCC(C)(CO)CN(CC1CC1)C1CC1. The molecule has 2 nitrogen and oxygen atoms in total. The van der Waals surface area contributed by atoms with Gasteiger partial charge in [0.1, 0.15) is 0 Å². The molecule has 0 heterocycles. The van der Waals surface area contributed by atoms with E-state index in [1.807, 2.05) is 0 Å². The van der Waals surface area contributed by atoms with Crippen LogP contribution in [0.4, 0.5) is 0 Å². The van der Waals surface area contributed by atoms with Crippen LogP contribution in [-0.4, -0.2) is 35.7 Å². The van der Waals surface area contributed by atoms with E-state index in [-0.39, 0.29) is 5.41 Å². The first-order valence-corrected chi connectivity index (χ1v) is 6.52. The molecule has 2 aliphatic rings. The molecule has 0 spiro atoms. The zero-order valence-corrected chi connectivity index (χ0v) is 10.2. The van der Waals surface area contributed by atoms with Crippen molar-refractivity contribution >= 4 is 0 Å². The molecule has 0 radical (unpaired) electrons. The van der Waals surface area contributed by atoms with E-state index in [9.17, 15) is 5.11 Å². The minimum atomic E-state index is 0.123. The summed E-state index contributed by atoms with van der Waals surface area (Å²) in [5.41, 5.74) is 0.123. The Balaban J connectivity index is 1.86. The zero-order valence-electron chi connectivity index (χ0n) is 10.2. The Morgan fingerprint density at radius 3 is 2.33 bits per heavy atom. The van der Waals surface area contributed by atoms with Crippen molar-refractivity contribution in [3.05, 3.63) is 0 Å². The maximum absolute atomic E-state index is 9.46. The Labute approximate surface area is 93.7 Å². The largest absolute Gasteiger partial charge is 0.396 e. The van der Waals surface area contributed by atoms with Gasteiger partial charge in [-0.1, -0.05) is 13.8 Å². The summed E-state index contributed by atoms with van der Waals surface area (Å²) < 4.78 is 0. The average Bonchev–Trinajstić information content (AvgIpc) is 3.07. The van der Waals surface area contributed by atoms with Crippen LogP contribution in [0.3, 0.4) is 0 Å². The zero-order chi connectivity index (χ0) is 10.9. The van der Waals surface area contributed by atoms with E-state index in [2.05, 4.69) is 18.7 Å². The molecule has 0 saturated heterocycles. The van der Waals surface area contributed by atoms with Crippen LogP contribution in [0.25, 0.3) is 0 Å². The first kappa shape index (κ1) is 11.4. The van der Waals surface area contributed by atoms with E-state index in [1.54, 1.807) is 0 Å². The summed E-state index contributed by atoms with van der Waals surface area (Å²) in [5, 5.41) is 9.46. The van der Waals surface area contributed by atoms with Crippen molar-refractivity contribution < 1.29 is 5.11 Å². The molecule has 0 aromatic carbocycles. The number of aliphatic hydroxyl groups is 1. The molecule has 0 aliphatic heterocycles. The van der Waals surface area contributed by atoms with Crippen LogP contribution in [-0.2, 0) is 0 Å². The third kappa shape index (κ3) is 3.18. The number of aliphatic hydroxyl groups excluding tert-OH is 1. The van der Waals surface area contributed by atoms with Crippen LogP contribution in [0.1, 0.15) is 46.0 Å². The van der Waals surface area contributed by atoms with Crippen LogP contribution in [0.5, 0.6) is 0 Å². The van der Waals surface area contributed by atoms with E-state index >= 15 is 0 Å². The number of hydrogen-bond donors (Lipinski definition) is 1. The van der Waals surface area contributed by atoms with Crippen LogP contribution >= 0.6 is 0 Å². The van der Waals surface area contributed by atoms with Crippen LogP contribution in [0.2, 0.25) is 0 Å². The molecule has 1 atom stereocenters. The van der Waals surface area contributed by atoms with Crippen molar-refractivity contribution in [2.45, 2.75) is 52.0 Å². The first-order valence-electron chi connectivity index (χ1n) is 6.52. The summed E-state index contributed by atoms with van der Waals surface area (Å²) in [6, 6.07) is 0.850. The van der Waals surface area contributed by atoms with Crippen molar-refractivity contribution in [2.24, 2.45) is 11.3 Å². The van der Waals surface area contributed by atoms with Crippen molar-refractivity contribution in [1.29, 1.82) is 0 Å². The average molecular weight is 211 g/mol. The molecule has 0 aromatic heterocycles. The quantitative estimate of drug-likeness (QED) is 0.698. The van der Waals surface area contributed by atoms with Gasteiger partial charge in [-0.3, -0.25) is 4.90 Å². The van der Waals surface area contributed by atoms with Crippen LogP contribution in [0.15, 0.2) is 0 Å². The second-order valence-electron chi connectivity index (χ2n) is 5.93. The molecule has 0 bridgehead atoms. The van der Waals surface area contributed by atoms with Gasteiger partial charge >= 0.3 is 0 Å². The van der Waals surface area contributed by atoms with Crippen molar-refractivity contribution in [2.75, 3.05) is 19.7 Å². The second-order valence-corrected chi connectivity index (χ2v) is 5.93. The normalized spacial score (nSPS) is 25.6. The number of rotatable bonds is 7. The molecular weight excluding hydrogens is 186 g/mol. The van der Waals surface area contributed by atoms with Crippen LogP contribution < -0.4 is 0 Å². The molecule has 0 aromatic rings. The summed E-state index contributed by atoms with van der Waals surface area (Å²) in [6.07, 6.45) is 6.73. The molecule has 1 N–H and O–H groups in total. The minimum Gasteiger partial charge on any atom is -0.396 e. The summed E-state index contributed by atoms with van der Waals surface area (Å²) >= 11 is 0. The van der Waals surface area contributed by atoms with Crippen molar-refractivity contribution in [3.8, 4) is 0 Å². The maximum atomic E-state index is 9.46. The summed E-state index contributed by atoms with van der Waals surface area (Å²) in [5.74, 6) is 0.977. The number of nitrogens with zero attached hydrogens (tertiary/aromatic N) is 1. The molecule has 1 unspecified atom stereocenters. The van der Waals surface area contributed by atoms with E-state index in [4.69, 9.17) is 0 Å². The Morgan fingerprint density at radius 2 is 1.93 bits per heavy atom. The standard InChI is InChI=1S/C13H25NO/c1-3-13(2,10-15)9-14(12-6-7-12)8-11-4-5-11/h11-12,15H,3-10H2,1-2H3. The third-order valence-corrected chi connectivity index (χ3v) is 4.07. The lowest BCUT2D eigenvalue weighted by Gasteiger charge is -2.33. The molecule has 2 aliphatic carbocycles. The highest BCUT2D eigenvalue weighted by atomic mass is 16.3. The van der Waals surface area contributed by atoms with Gasteiger partial charge in [-0.05, 0) is 38.0 Å². The monoisotopic (exact) mass is 211 g/mol. The fourth-order valence-corrected chi connectivity index (χ4v) is 2.18.